The van der Waals surface area contributed by atoms with Crippen LogP contribution in [0.5, 0.6) is 0 Å². The van der Waals surface area contributed by atoms with Gasteiger partial charge in [-0.25, -0.2) is 15.8 Å². The average Bonchev–Trinajstić information content (AvgIpc) is 2.03. The molecular formula is C5H8ClN5O. The molecule has 1 rings (SSSR count). The van der Waals surface area contributed by atoms with Gasteiger partial charge in [-0.15, -0.1) is 12.4 Å². The average molecular weight is 190 g/mol. The lowest BCUT2D eigenvalue weighted by atomic mass is 10.4. The van der Waals surface area contributed by atoms with Gasteiger partial charge in [-0.1, -0.05) is 0 Å². The van der Waals surface area contributed by atoms with Crippen LogP contribution >= 0.6 is 12.4 Å². The third-order valence-corrected chi connectivity index (χ3v) is 1.04. The van der Waals surface area contributed by atoms with Gasteiger partial charge < -0.3 is 5.73 Å². The van der Waals surface area contributed by atoms with E-state index < -0.39 is 5.91 Å². The van der Waals surface area contributed by atoms with Crippen LogP contribution in [0.2, 0.25) is 0 Å². The van der Waals surface area contributed by atoms with E-state index in [1.54, 1.807) is 0 Å². The molecule has 0 spiro atoms. The first-order chi connectivity index (χ1) is 5.24. The van der Waals surface area contributed by atoms with Crippen LogP contribution in [0.15, 0.2) is 12.3 Å². The minimum atomic E-state index is -0.487. The second kappa shape index (κ2) is 4.47. The maximum absolute atomic E-state index is 10.8. The van der Waals surface area contributed by atoms with Crippen LogP contribution in [0.3, 0.4) is 0 Å². The number of nitrogens with one attached hydrogen (secondary N) is 1. The molecule has 0 radical (unpaired) electrons. The fraction of sp³-hybridized carbons (Fsp3) is 0. The second-order valence-electron chi connectivity index (χ2n) is 1.77. The molecule has 0 unspecified atom stereocenters. The second-order valence-corrected chi connectivity index (χ2v) is 1.77. The molecule has 1 aromatic heterocycles. The lowest BCUT2D eigenvalue weighted by molar-refractivity contribution is 0.0948. The molecule has 0 saturated carbocycles. The first-order valence-electron chi connectivity index (χ1n) is 2.83. The van der Waals surface area contributed by atoms with Crippen molar-refractivity contribution in [1.82, 2.24) is 15.4 Å². The summed E-state index contributed by atoms with van der Waals surface area (Å²) in [5, 5.41) is 0. The van der Waals surface area contributed by atoms with Crippen LogP contribution in [0.25, 0.3) is 0 Å². The summed E-state index contributed by atoms with van der Waals surface area (Å²) in [5.41, 5.74) is 7.28. The highest BCUT2D eigenvalue weighted by atomic mass is 35.5. The van der Waals surface area contributed by atoms with Crippen molar-refractivity contribution in [3.05, 3.63) is 18.0 Å². The lowest BCUT2D eigenvalue weighted by Crippen LogP contribution is -2.30. The Balaban J connectivity index is 0.00000121. The standard InChI is InChI=1S/C5H7N5O.ClH/c6-5-8-2-1-3(9-5)4(11)10-7;/h1-2H,7H2,(H,10,11)(H2,6,8,9);1H. The summed E-state index contributed by atoms with van der Waals surface area (Å²) in [6, 6.07) is 1.42. The summed E-state index contributed by atoms with van der Waals surface area (Å²) in [4.78, 5) is 18.0. The third-order valence-electron chi connectivity index (χ3n) is 1.04. The Morgan fingerprint density at radius 2 is 2.25 bits per heavy atom. The van der Waals surface area contributed by atoms with Gasteiger partial charge in [0.05, 0.1) is 0 Å². The van der Waals surface area contributed by atoms with Crippen LogP contribution in [-0.2, 0) is 0 Å². The largest absolute Gasteiger partial charge is 0.368 e. The first kappa shape index (κ1) is 10.6. The summed E-state index contributed by atoms with van der Waals surface area (Å²) < 4.78 is 0. The summed E-state index contributed by atoms with van der Waals surface area (Å²) in [6.45, 7) is 0. The summed E-state index contributed by atoms with van der Waals surface area (Å²) in [5.74, 6) is 4.41. The highest BCUT2D eigenvalue weighted by molar-refractivity contribution is 5.91. The molecule has 6 nitrogen and oxygen atoms in total. The molecule has 0 atom stereocenters. The van der Waals surface area contributed by atoms with E-state index in [0.29, 0.717) is 0 Å². The number of nitrogens with zero attached hydrogens (tertiary/aromatic N) is 2. The van der Waals surface area contributed by atoms with Crippen LogP contribution in [-0.4, -0.2) is 15.9 Å². The van der Waals surface area contributed by atoms with Crippen molar-refractivity contribution in [1.29, 1.82) is 0 Å². The Morgan fingerprint density at radius 3 is 2.75 bits per heavy atom. The Hall–Kier alpha value is -1.40. The number of hydrazine groups is 1. The molecule has 7 heteroatoms. The van der Waals surface area contributed by atoms with Crippen LogP contribution in [0.1, 0.15) is 10.5 Å². The SMILES string of the molecule is Cl.NNC(=O)c1ccnc(N)n1. The lowest BCUT2D eigenvalue weighted by Gasteiger charge is -1.97. The molecule has 1 heterocycles. The van der Waals surface area contributed by atoms with Crippen molar-refractivity contribution in [2.45, 2.75) is 0 Å². The molecule has 1 aromatic rings. The number of hydrogen-bond donors (Lipinski definition) is 3. The van der Waals surface area contributed by atoms with E-state index in [9.17, 15) is 4.79 Å². The minimum absolute atomic E-state index is 0. The Bertz CT molecular complexity index is 278. The molecule has 0 aliphatic carbocycles. The monoisotopic (exact) mass is 189 g/mol. The minimum Gasteiger partial charge on any atom is -0.368 e. The van der Waals surface area contributed by atoms with Gasteiger partial charge in [0, 0.05) is 6.20 Å². The van der Waals surface area contributed by atoms with E-state index >= 15 is 0 Å². The van der Waals surface area contributed by atoms with Crippen LogP contribution in [0.4, 0.5) is 5.95 Å². The third kappa shape index (κ3) is 2.33. The molecule has 1 amide bonds. The van der Waals surface area contributed by atoms with E-state index in [-0.39, 0.29) is 24.0 Å². The Labute approximate surface area is 74.8 Å². The van der Waals surface area contributed by atoms with Gasteiger partial charge in [0.25, 0.3) is 5.91 Å². The van der Waals surface area contributed by atoms with E-state index in [0.717, 1.165) is 0 Å². The molecule has 0 aliphatic heterocycles. The molecule has 66 valence electrons. The van der Waals surface area contributed by atoms with Gasteiger partial charge >= 0.3 is 0 Å². The molecule has 0 saturated heterocycles. The zero-order chi connectivity index (χ0) is 8.27. The number of halogens is 1. The normalized spacial score (nSPS) is 8.42. The molecule has 0 aromatic carbocycles. The van der Waals surface area contributed by atoms with Crippen molar-refractivity contribution >= 4 is 24.3 Å². The van der Waals surface area contributed by atoms with Gasteiger partial charge in [-0.05, 0) is 6.07 Å². The van der Waals surface area contributed by atoms with E-state index in [4.69, 9.17) is 11.6 Å². The van der Waals surface area contributed by atoms with Crippen molar-refractivity contribution in [2.24, 2.45) is 5.84 Å². The predicted octanol–water partition coefficient (Wildman–Crippen LogP) is -0.916. The van der Waals surface area contributed by atoms with Gasteiger partial charge in [-0.3, -0.25) is 10.2 Å². The Morgan fingerprint density at radius 1 is 1.58 bits per heavy atom. The van der Waals surface area contributed by atoms with Crippen LogP contribution in [0, 0.1) is 0 Å². The predicted molar refractivity (Wildman–Crippen MR) is 45.3 cm³/mol. The topological polar surface area (TPSA) is 107 Å². The molecule has 0 aliphatic rings. The van der Waals surface area contributed by atoms with Crippen molar-refractivity contribution in [3.8, 4) is 0 Å². The molecule has 5 N–H and O–H groups in total. The fourth-order valence-electron chi connectivity index (χ4n) is 0.574. The zero-order valence-electron chi connectivity index (χ0n) is 6.02. The van der Waals surface area contributed by atoms with Gasteiger partial charge in [0.15, 0.2) is 0 Å². The van der Waals surface area contributed by atoms with Crippen molar-refractivity contribution in [3.63, 3.8) is 0 Å². The fourth-order valence-corrected chi connectivity index (χ4v) is 0.574. The number of aromatic nitrogens is 2. The Kier molecular flexibility index (Phi) is 3.95. The maximum Gasteiger partial charge on any atom is 0.283 e. The maximum atomic E-state index is 10.8. The van der Waals surface area contributed by atoms with Crippen LogP contribution < -0.4 is 17.0 Å². The van der Waals surface area contributed by atoms with Gasteiger partial charge in [0.1, 0.15) is 5.69 Å². The van der Waals surface area contributed by atoms with Crippen molar-refractivity contribution < 1.29 is 4.79 Å². The molecular weight excluding hydrogens is 182 g/mol. The van der Waals surface area contributed by atoms with Gasteiger partial charge in [-0.2, -0.15) is 0 Å². The van der Waals surface area contributed by atoms with E-state index in [1.807, 2.05) is 5.43 Å². The first-order valence-corrected chi connectivity index (χ1v) is 2.83. The van der Waals surface area contributed by atoms with E-state index in [2.05, 4.69) is 9.97 Å². The number of nitrogen functional groups attached to an aromatic ring is 2. The smallest absolute Gasteiger partial charge is 0.283 e. The number of carbonyl (C=O) groups excluding carboxylic acids is 1. The summed E-state index contributed by atoms with van der Waals surface area (Å²) in [6.07, 6.45) is 1.38. The summed E-state index contributed by atoms with van der Waals surface area (Å²) >= 11 is 0. The van der Waals surface area contributed by atoms with E-state index in [1.165, 1.54) is 12.3 Å². The zero-order valence-corrected chi connectivity index (χ0v) is 6.84. The number of rotatable bonds is 1. The molecule has 12 heavy (non-hydrogen) atoms. The number of nitrogens with two attached hydrogens (primary N) is 2. The molecule has 0 fully saturated rings. The number of carbonyl (C=O) groups is 1. The highest BCUT2D eigenvalue weighted by Crippen LogP contribution is 1.94. The van der Waals surface area contributed by atoms with Crippen molar-refractivity contribution in [2.75, 3.05) is 5.73 Å². The number of anilines is 1. The number of amides is 1. The number of hydrogen-bond acceptors (Lipinski definition) is 5. The highest BCUT2D eigenvalue weighted by Gasteiger charge is 2.03. The molecule has 0 bridgehead atoms. The quantitative estimate of drug-likeness (QED) is 0.301. The summed E-state index contributed by atoms with van der Waals surface area (Å²) in [7, 11) is 0. The van der Waals surface area contributed by atoms with Gasteiger partial charge in [0.2, 0.25) is 5.95 Å².